The summed E-state index contributed by atoms with van der Waals surface area (Å²) in [7, 11) is 4.60. The molecule has 3 rings (SSSR count). The number of rotatable bonds is 7. The molecule has 1 amide bonds. The molecule has 0 atom stereocenters. The number of ether oxygens (including phenoxy) is 3. The number of amides is 1. The first-order chi connectivity index (χ1) is 13.2. The molecule has 3 aromatic carbocycles. The average Bonchev–Trinajstić information content (AvgIpc) is 2.72. The second-order valence-corrected chi connectivity index (χ2v) is 6.05. The van der Waals surface area contributed by atoms with E-state index in [-0.39, 0.29) is 5.91 Å². The van der Waals surface area contributed by atoms with E-state index in [9.17, 15) is 4.79 Å². The molecule has 0 aromatic heterocycles. The van der Waals surface area contributed by atoms with Crippen molar-refractivity contribution in [1.82, 2.24) is 5.32 Å². The normalized spacial score (nSPS) is 10.5. The number of nitrogens with one attached hydrogen (secondary N) is 1. The van der Waals surface area contributed by atoms with Crippen molar-refractivity contribution in [1.29, 1.82) is 0 Å². The van der Waals surface area contributed by atoms with Crippen LogP contribution in [0.1, 0.15) is 15.9 Å². The van der Waals surface area contributed by atoms with Crippen LogP contribution in [-0.4, -0.2) is 33.8 Å². The molecule has 0 bridgehead atoms. The summed E-state index contributed by atoms with van der Waals surface area (Å²) < 4.78 is 15.9. The quantitative estimate of drug-likeness (QED) is 0.691. The highest BCUT2D eigenvalue weighted by molar-refractivity contribution is 5.97. The second-order valence-electron chi connectivity index (χ2n) is 6.05. The van der Waals surface area contributed by atoms with Gasteiger partial charge in [-0.15, -0.1) is 0 Å². The highest BCUT2D eigenvalue weighted by Crippen LogP contribution is 2.34. The maximum absolute atomic E-state index is 12.7. The third-order valence-electron chi connectivity index (χ3n) is 4.51. The van der Waals surface area contributed by atoms with Gasteiger partial charge in [0.2, 0.25) is 0 Å². The predicted molar refractivity (Wildman–Crippen MR) is 106 cm³/mol. The number of benzene rings is 3. The van der Waals surface area contributed by atoms with Gasteiger partial charge in [-0.25, -0.2) is 0 Å². The number of hydrogen-bond donors (Lipinski definition) is 1. The second kappa shape index (κ2) is 8.45. The van der Waals surface area contributed by atoms with Gasteiger partial charge in [0.05, 0.1) is 26.9 Å². The molecule has 3 aromatic rings. The Morgan fingerprint density at radius 2 is 1.52 bits per heavy atom. The molecule has 0 radical (unpaired) electrons. The fourth-order valence-corrected chi connectivity index (χ4v) is 3.12. The van der Waals surface area contributed by atoms with Gasteiger partial charge in [0.25, 0.3) is 5.91 Å². The van der Waals surface area contributed by atoms with Gasteiger partial charge in [-0.1, -0.05) is 42.5 Å². The van der Waals surface area contributed by atoms with E-state index in [4.69, 9.17) is 14.2 Å². The topological polar surface area (TPSA) is 56.8 Å². The van der Waals surface area contributed by atoms with E-state index in [0.717, 1.165) is 6.42 Å². The monoisotopic (exact) mass is 365 g/mol. The zero-order valence-electron chi connectivity index (χ0n) is 15.7. The zero-order valence-corrected chi connectivity index (χ0v) is 15.7. The fraction of sp³-hybridized carbons (Fsp3) is 0.227. The summed E-state index contributed by atoms with van der Waals surface area (Å²) in [5, 5.41) is 5.36. The first-order valence-corrected chi connectivity index (χ1v) is 8.72. The third kappa shape index (κ3) is 3.97. The van der Waals surface area contributed by atoms with Crippen molar-refractivity contribution in [2.45, 2.75) is 6.42 Å². The van der Waals surface area contributed by atoms with Crippen LogP contribution in [0, 0.1) is 0 Å². The molecule has 0 aliphatic heterocycles. The van der Waals surface area contributed by atoms with Crippen molar-refractivity contribution < 1.29 is 19.0 Å². The standard InChI is InChI=1S/C22H23NO4/c1-25-19-14-21(27-3)20(26-2)13-18(19)22(24)23-12-11-16-9-6-8-15-7-4-5-10-17(15)16/h4-10,13-14H,11-12H2,1-3H3,(H,23,24). The molecular formula is C22H23NO4. The van der Waals surface area contributed by atoms with E-state index in [1.807, 2.05) is 18.2 Å². The molecule has 1 N–H and O–H groups in total. The Morgan fingerprint density at radius 3 is 2.26 bits per heavy atom. The van der Waals surface area contributed by atoms with Crippen LogP contribution >= 0.6 is 0 Å². The number of carbonyl (C=O) groups excluding carboxylic acids is 1. The Labute approximate surface area is 158 Å². The van der Waals surface area contributed by atoms with Crippen molar-refractivity contribution in [2.24, 2.45) is 0 Å². The molecule has 0 heterocycles. The highest BCUT2D eigenvalue weighted by Gasteiger charge is 2.17. The molecule has 27 heavy (non-hydrogen) atoms. The minimum atomic E-state index is -0.215. The van der Waals surface area contributed by atoms with Gasteiger partial charge >= 0.3 is 0 Å². The van der Waals surface area contributed by atoms with Crippen molar-refractivity contribution in [3.8, 4) is 17.2 Å². The van der Waals surface area contributed by atoms with Crippen LogP contribution in [0.5, 0.6) is 17.2 Å². The van der Waals surface area contributed by atoms with Gasteiger partial charge in [0, 0.05) is 18.7 Å². The summed E-state index contributed by atoms with van der Waals surface area (Å²) in [5.74, 6) is 1.22. The molecule has 5 nitrogen and oxygen atoms in total. The van der Waals surface area contributed by atoms with Gasteiger partial charge in [-0.2, -0.15) is 0 Å². The maximum Gasteiger partial charge on any atom is 0.255 e. The summed E-state index contributed by atoms with van der Waals surface area (Å²) in [6.45, 7) is 0.518. The summed E-state index contributed by atoms with van der Waals surface area (Å²) in [6, 6.07) is 17.7. The number of methoxy groups -OCH3 is 3. The molecule has 0 aliphatic rings. The number of carbonyl (C=O) groups is 1. The van der Waals surface area contributed by atoms with E-state index in [0.29, 0.717) is 29.4 Å². The smallest absolute Gasteiger partial charge is 0.255 e. The van der Waals surface area contributed by atoms with E-state index in [1.54, 1.807) is 19.2 Å². The van der Waals surface area contributed by atoms with E-state index < -0.39 is 0 Å². The minimum Gasteiger partial charge on any atom is -0.496 e. The molecule has 140 valence electrons. The van der Waals surface area contributed by atoms with Crippen LogP contribution in [0.25, 0.3) is 10.8 Å². The van der Waals surface area contributed by atoms with Gasteiger partial charge in [0.15, 0.2) is 11.5 Å². The Morgan fingerprint density at radius 1 is 0.852 bits per heavy atom. The van der Waals surface area contributed by atoms with E-state index in [2.05, 4.69) is 29.6 Å². The summed E-state index contributed by atoms with van der Waals surface area (Å²) in [4.78, 5) is 12.7. The maximum atomic E-state index is 12.7. The first-order valence-electron chi connectivity index (χ1n) is 8.72. The Kier molecular flexibility index (Phi) is 5.81. The lowest BCUT2D eigenvalue weighted by atomic mass is 10.0. The molecule has 0 saturated heterocycles. The predicted octanol–water partition coefficient (Wildman–Crippen LogP) is 3.84. The van der Waals surface area contributed by atoms with Crippen LogP contribution < -0.4 is 19.5 Å². The summed E-state index contributed by atoms with van der Waals surface area (Å²) in [6.07, 6.45) is 0.739. The molecule has 0 fully saturated rings. The molecule has 0 unspecified atom stereocenters. The summed E-state index contributed by atoms with van der Waals surface area (Å²) >= 11 is 0. The van der Waals surface area contributed by atoms with Gasteiger partial charge in [-0.05, 0) is 22.8 Å². The van der Waals surface area contributed by atoms with Gasteiger partial charge < -0.3 is 19.5 Å². The first kappa shape index (κ1) is 18.6. The van der Waals surface area contributed by atoms with Crippen molar-refractivity contribution in [2.75, 3.05) is 27.9 Å². The Bertz CT molecular complexity index is 947. The molecule has 5 heteroatoms. The Balaban J connectivity index is 1.74. The highest BCUT2D eigenvalue weighted by atomic mass is 16.5. The summed E-state index contributed by atoms with van der Waals surface area (Å²) in [5.41, 5.74) is 1.61. The van der Waals surface area contributed by atoms with Crippen LogP contribution in [0.15, 0.2) is 54.6 Å². The van der Waals surface area contributed by atoms with Crippen LogP contribution in [0.3, 0.4) is 0 Å². The van der Waals surface area contributed by atoms with Crippen molar-refractivity contribution in [3.05, 3.63) is 65.7 Å². The van der Waals surface area contributed by atoms with Crippen molar-refractivity contribution >= 4 is 16.7 Å². The van der Waals surface area contributed by atoms with Gasteiger partial charge in [0.1, 0.15) is 5.75 Å². The van der Waals surface area contributed by atoms with Gasteiger partial charge in [-0.3, -0.25) is 4.79 Å². The average molecular weight is 365 g/mol. The lowest BCUT2D eigenvalue weighted by Gasteiger charge is -2.14. The molecular weight excluding hydrogens is 342 g/mol. The number of fused-ring (bicyclic) bond motifs is 1. The van der Waals surface area contributed by atoms with Crippen LogP contribution in [0.4, 0.5) is 0 Å². The van der Waals surface area contributed by atoms with E-state index in [1.165, 1.54) is 30.6 Å². The van der Waals surface area contributed by atoms with E-state index >= 15 is 0 Å². The lowest BCUT2D eigenvalue weighted by molar-refractivity contribution is 0.0950. The molecule has 0 saturated carbocycles. The molecule has 0 aliphatic carbocycles. The van der Waals surface area contributed by atoms with Crippen LogP contribution in [-0.2, 0) is 6.42 Å². The van der Waals surface area contributed by atoms with Crippen LogP contribution in [0.2, 0.25) is 0 Å². The Hall–Kier alpha value is -3.21. The number of hydrogen-bond acceptors (Lipinski definition) is 4. The lowest BCUT2D eigenvalue weighted by Crippen LogP contribution is -2.26. The molecule has 0 spiro atoms. The third-order valence-corrected chi connectivity index (χ3v) is 4.51. The van der Waals surface area contributed by atoms with Crippen molar-refractivity contribution in [3.63, 3.8) is 0 Å². The minimum absolute atomic E-state index is 0.215. The zero-order chi connectivity index (χ0) is 19.2. The largest absolute Gasteiger partial charge is 0.496 e. The SMILES string of the molecule is COc1cc(OC)c(C(=O)NCCc2cccc3ccccc23)cc1OC. The fourth-order valence-electron chi connectivity index (χ4n) is 3.12.